The fraction of sp³-hybridized carbons (Fsp3) is 0.182. The molecule has 98 valence electrons. The summed E-state index contributed by atoms with van der Waals surface area (Å²) in [6.45, 7) is 1.99. The van der Waals surface area contributed by atoms with Gasteiger partial charge in [-0.25, -0.2) is 9.78 Å². The molecule has 0 aromatic carbocycles. The van der Waals surface area contributed by atoms with Crippen LogP contribution in [0.25, 0.3) is 5.82 Å². The number of rotatable bonds is 4. The first-order valence-corrected chi connectivity index (χ1v) is 5.45. The molecule has 0 aliphatic rings. The first-order valence-electron chi connectivity index (χ1n) is 5.45. The van der Waals surface area contributed by atoms with Gasteiger partial charge in [-0.1, -0.05) is 0 Å². The molecule has 0 aliphatic heterocycles. The van der Waals surface area contributed by atoms with Crippen LogP contribution in [0.3, 0.4) is 0 Å². The molecule has 0 saturated carbocycles. The van der Waals surface area contributed by atoms with E-state index < -0.39 is 10.9 Å². The molecule has 2 heterocycles. The average Bonchev–Trinajstić information content (AvgIpc) is 2.89. The quantitative estimate of drug-likeness (QED) is 0.468. The van der Waals surface area contributed by atoms with E-state index in [1.807, 2.05) is 0 Å². The van der Waals surface area contributed by atoms with Crippen molar-refractivity contribution in [3.8, 4) is 5.82 Å². The zero-order valence-electron chi connectivity index (χ0n) is 10.0. The number of aromatic nitrogens is 3. The van der Waals surface area contributed by atoms with Gasteiger partial charge < -0.3 is 14.9 Å². The first-order chi connectivity index (χ1) is 9.11. The maximum Gasteiger partial charge on any atom is 0.390 e. The van der Waals surface area contributed by atoms with E-state index in [-0.39, 0.29) is 12.4 Å². The molecular formula is C11H10N4O4. The SMILES string of the molecule is CCOC(=O)c1ccc(-n2ccc([N+](=O)[O-])n2)nc1. The lowest BCUT2D eigenvalue weighted by Crippen LogP contribution is -2.06. The number of hydrogen-bond acceptors (Lipinski definition) is 6. The molecule has 0 aliphatic carbocycles. The summed E-state index contributed by atoms with van der Waals surface area (Å²) in [5, 5.41) is 14.2. The van der Waals surface area contributed by atoms with Gasteiger partial charge in [0.05, 0.1) is 29.5 Å². The van der Waals surface area contributed by atoms with Crippen molar-refractivity contribution in [1.82, 2.24) is 14.8 Å². The molecule has 0 N–H and O–H groups in total. The van der Waals surface area contributed by atoms with Crippen LogP contribution in [0.5, 0.6) is 0 Å². The Balaban J connectivity index is 2.22. The van der Waals surface area contributed by atoms with E-state index >= 15 is 0 Å². The molecule has 0 amide bonds. The van der Waals surface area contributed by atoms with Crippen LogP contribution in [0.15, 0.2) is 30.6 Å². The zero-order chi connectivity index (χ0) is 13.8. The Bertz CT molecular complexity index is 605. The number of carbonyl (C=O) groups excluding carboxylic acids is 1. The first kappa shape index (κ1) is 12.7. The average molecular weight is 262 g/mol. The van der Waals surface area contributed by atoms with Crippen molar-refractivity contribution < 1.29 is 14.5 Å². The van der Waals surface area contributed by atoms with Crippen LogP contribution in [0.4, 0.5) is 5.82 Å². The van der Waals surface area contributed by atoms with E-state index in [1.165, 1.54) is 35.3 Å². The molecule has 2 aromatic rings. The Hall–Kier alpha value is -2.77. The maximum atomic E-state index is 11.4. The van der Waals surface area contributed by atoms with Gasteiger partial charge in [-0.2, -0.15) is 0 Å². The van der Waals surface area contributed by atoms with Crippen LogP contribution >= 0.6 is 0 Å². The summed E-state index contributed by atoms with van der Waals surface area (Å²) in [5.41, 5.74) is 0.312. The molecule has 19 heavy (non-hydrogen) atoms. The summed E-state index contributed by atoms with van der Waals surface area (Å²) < 4.78 is 6.08. The number of carbonyl (C=O) groups is 1. The lowest BCUT2D eigenvalue weighted by Gasteiger charge is -2.01. The maximum absolute atomic E-state index is 11.4. The number of ether oxygens (including phenoxy) is 1. The Labute approximate surface area is 107 Å². The third-order valence-corrected chi connectivity index (χ3v) is 2.26. The van der Waals surface area contributed by atoms with Crippen molar-refractivity contribution in [3.05, 3.63) is 46.3 Å². The standard InChI is InChI=1S/C11H10N4O4/c1-2-19-11(16)8-3-4-9(12-7-8)14-6-5-10(13-14)15(17)18/h3-7H,2H2,1H3. The topological polar surface area (TPSA) is 100 Å². The molecule has 0 bridgehead atoms. The minimum Gasteiger partial charge on any atom is -0.462 e. The molecule has 2 rings (SSSR count). The van der Waals surface area contributed by atoms with Gasteiger partial charge in [0.1, 0.15) is 0 Å². The summed E-state index contributed by atoms with van der Waals surface area (Å²) in [7, 11) is 0. The van der Waals surface area contributed by atoms with Crippen LogP contribution in [0.2, 0.25) is 0 Å². The largest absolute Gasteiger partial charge is 0.462 e. The monoisotopic (exact) mass is 262 g/mol. The number of esters is 1. The molecule has 0 spiro atoms. The summed E-state index contributed by atoms with van der Waals surface area (Å²) >= 11 is 0. The van der Waals surface area contributed by atoms with Gasteiger partial charge in [-0.15, -0.1) is 4.68 Å². The van der Waals surface area contributed by atoms with Crippen LogP contribution < -0.4 is 0 Å². The van der Waals surface area contributed by atoms with E-state index in [2.05, 4.69) is 10.1 Å². The minimum atomic E-state index is -0.594. The Kier molecular flexibility index (Phi) is 3.51. The van der Waals surface area contributed by atoms with Crippen molar-refractivity contribution in [2.24, 2.45) is 0 Å². The number of hydrogen-bond donors (Lipinski definition) is 0. The van der Waals surface area contributed by atoms with Crippen LogP contribution in [-0.2, 0) is 4.74 Å². The molecule has 0 atom stereocenters. The second-order valence-corrected chi connectivity index (χ2v) is 3.50. The summed E-state index contributed by atoms with van der Waals surface area (Å²) in [6, 6.07) is 4.32. The van der Waals surface area contributed by atoms with Crippen LogP contribution in [0.1, 0.15) is 17.3 Å². The minimum absolute atomic E-state index is 0.267. The van der Waals surface area contributed by atoms with E-state index in [9.17, 15) is 14.9 Å². The van der Waals surface area contributed by atoms with E-state index in [0.717, 1.165) is 0 Å². The third-order valence-electron chi connectivity index (χ3n) is 2.26. The molecule has 2 aromatic heterocycles. The fourth-order valence-electron chi connectivity index (χ4n) is 1.40. The van der Waals surface area contributed by atoms with Crippen molar-refractivity contribution in [2.75, 3.05) is 6.61 Å². The second-order valence-electron chi connectivity index (χ2n) is 3.50. The van der Waals surface area contributed by atoms with Gasteiger partial charge in [0, 0.05) is 6.20 Å². The van der Waals surface area contributed by atoms with Gasteiger partial charge in [0.15, 0.2) is 5.82 Å². The van der Waals surface area contributed by atoms with Crippen molar-refractivity contribution in [1.29, 1.82) is 0 Å². The number of nitrogens with zero attached hydrogens (tertiary/aromatic N) is 4. The molecular weight excluding hydrogens is 252 g/mol. The lowest BCUT2D eigenvalue weighted by atomic mass is 10.3. The lowest BCUT2D eigenvalue weighted by molar-refractivity contribution is -0.389. The highest BCUT2D eigenvalue weighted by atomic mass is 16.6. The Morgan fingerprint density at radius 2 is 2.26 bits per heavy atom. The summed E-state index contributed by atoms with van der Waals surface area (Å²) in [5.74, 6) is -0.356. The Morgan fingerprint density at radius 1 is 1.47 bits per heavy atom. The normalized spacial score (nSPS) is 10.2. The second kappa shape index (κ2) is 5.25. The van der Waals surface area contributed by atoms with Crippen molar-refractivity contribution >= 4 is 11.8 Å². The van der Waals surface area contributed by atoms with Gasteiger partial charge in [0.2, 0.25) is 0 Å². The van der Waals surface area contributed by atoms with Gasteiger partial charge in [0.25, 0.3) is 0 Å². The third kappa shape index (κ3) is 2.73. The van der Waals surface area contributed by atoms with Crippen molar-refractivity contribution in [3.63, 3.8) is 0 Å². The Morgan fingerprint density at radius 3 is 2.79 bits per heavy atom. The predicted octanol–water partition coefficient (Wildman–Crippen LogP) is 1.35. The molecule has 8 nitrogen and oxygen atoms in total. The highest BCUT2D eigenvalue weighted by Gasteiger charge is 2.13. The predicted molar refractivity (Wildman–Crippen MR) is 64.0 cm³/mol. The molecule has 0 saturated heterocycles. The highest BCUT2D eigenvalue weighted by Crippen LogP contribution is 2.11. The number of pyridine rings is 1. The fourth-order valence-corrected chi connectivity index (χ4v) is 1.40. The van der Waals surface area contributed by atoms with E-state index in [1.54, 1.807) is 6.92 Å². The highest BCUT2D eigenvalue weighted by molar-refractivity contribution is 5.89. The molecule has 8 heteroatoms. The summed E-state index contributed by atoms with van der Waals surface area (Å²) in [4.78, 5) is 25.3. The molecule has 0 fully saturated rings. The molecule has 0 unspecified atom stereocenters. The smallest absolute Gasteiger partial charge is 0.390 e. The zero-order valence-corrected chi connectivity index (χ0v) is 10.0. The van der Waals surface area contributed by atoms with E-state index in [0.29, 0.717) is 11.4 Å². The van der Waals surface area contributed by atoms with Gasteiger partial charge >= 0.3 is 11.8 Å². The van der Waals surface area contributed by atoms with Gasteiger partial charge in [-0.3, -0.25) is 0 Å². The molecule has 0 radical (unpaired) electrons. The number of nitro groups is 1. The van der Waals surface area contributed by atoms with Crippen LogP contribution in [0, 0.1) is 10.1 Å². The van der Waals surface area contributed by atoms with Crippen molar-refractivity contribution in [2.45, 2.75) is 6.92 Å². The summed E-state index contributed by atoms with van der Waals surface area (Å²) in [6.07, 6.45) is 2.76. The van der Waals surface area contributed by atoms with Gasteiger partial charge in [-0.05, 0) is 24.0 Å². The van der Waals surface area contributed by atoms with E-state index in [4.69, 9.17) is 4.74 Å². The van der Waals surface area contributed by atoms with Crippen LogP contribution in [-0.4, -0.2) is 32.3 Å².